The predicted molar refractivity (Wildman–Crippen MR) is 94.8 cm³/mol. The predicted octanol–water partition coefficient (Wildman–Crippen LogP) is 3.26. The normalized spacial score (nSPS) is 16.4. The number of hydrogen-bond acceptors (Lipinski definition) is 3. The Labute approximate surface area is 139 Å². The standard InChI is InChI=1S/C18H30N4O/c1-4-19-18(22-14(2)3)21-13-15-10-11-20-17(12-15)23-16-8-6-5-7-9-16/h10-12,14,16H,4-9,13H2,1-3H3,(H2,19,21,22). The summed E-state index contributed by atoms with van der Waals surface area (Å²) >= 11 is 0. The van der Waals surface area contributed by atoms with Gasteiger partial charge in [-0.2, -0.15) is 0 Å². The maximum Gasteiger partial charge on any atom is 0.213 e. The first kappa shape index (κ1) is 17.6. The van der Waals surface area contributed by atoms with Gasteiger partial charge in [-0.05, 0) is 58.1 Å². The van der Waals surface area contributed by atoms with E-state index in [9.17, 15) is 0 Å². The van der Waals surface area contributed by atoms with E-state index in [4.69, 9.17) is 4.74 Å². The molecule has 23 heavy (non-hydrogen) atoms. The molecule has 1 aliphatic carbocycles. The van der Waals surface area contributed by atoms with Gasteiger partial charge in [-0.1, -0.05) is 6.42 Å². The molecule has 5 nitrogen and oxygen atoms in total. The number of rotatable bonds is 6. The lowest BCUT2D eigenvalue weighted by atomic mass is 9.98. The summed E-state index contributed by atoms with van der Waals surface area (Å²) in [6, 6.07) is 4.36. The molecule has 0 unspecified atom stereocenters. The van der Waals surface area contributed by atoms with Crippen LogP contribution in [0.2, 0.25) is 0 Å². The molecule has 1 aromatic heterocycles. The minimum atomic E-state index is 0.329. The van der Waals surface area contributed by atoms with E-state index in [2.05, 4.69) is 41.4 Å². The second-order valence-corrected chi connectivity index (χ2v) is 6.37. The maximum atomic E-state index is 6.02. The quantitative estimate of drug-likeness (QED) is 0.624. The summed E-state index contributed by atoms with van der Waals surface area (Å²) in [7, 11) is 0. The molecular weight excluding hydrogens is 288 g/mol. The average molecular weight is 318 g/mol. The molecule has 0 amide bonds. The van der Waals surface area contributed by atoms with E-state index < -0.39 is 0 Å². The van der Waals surface area contributed by atoms with E-state index in [1.807, 2.05) is 18.3 Å². The molecule has 1 aliphatic rings. The van der Waals surface area contributed by atoms with Crippen LogP contribution in [-0.2, 0) is 6.54 Å². The summed E-state index contributed by atoms with van der Waals surface area (Å²) in [4.78, 5) is 8.97. The van der Waals surface area contributed by atoms with Gasteiger partial charge in [0, 0.05) is 24.8 Å². The van der Waals surface area contributed by atoms with Crippen molar-refractivity contribution in [1.82, 2.24) is 15.6 Å². The van der Waals surface area contributed by atoms with Crippen LogP contribution in [0.25, 0.3) is 0 Å². The third-order valence-corrected chi connectivity index (χ3v) is 3.83. The summed E-state index contributed by atoms with van der Waals surface area (Å²) < 4.78 is 6.02. The maximum absolute atomic E-state index is 6.02. The monoisotopic (exact) mass is 318 g/mol. The van der Waals surface area contributed by atoms with E-state index in [1.165, 1.54) is 19.3 Å². The highest BCUT2D eigenvalue weighted by molar-refractivity contribution is 5.79. The molecule has 1 fully saturated rings. The molecule has 0 saturated heterocycles. The zero-order valence-electron chi connectivity index (χ0n) is 14.6. The lowest BCUT2D eigenvalue weighted by molar-refractivity contribution is 0.148. The number of nitrogens with zero attached hydrogens (tertiary/aromatic N) is 2. The van der Waals surface area contributed by atoms with E-state index >= 15 is 0 Å². The van der Waals surface area contributed by atoms with Crippen LogP contribution in [0, 0.1) is 0 Å². The number of pyridine rings is 1. The largest absolute Gasteiger partial charge is 0.474 e. The molecule has 1 saturated carbocycles. The van der Waals surface area contributed by atoms with Gasteiger partial charge in [0.05, 0.1) is 6.54 Å². The molecule has 0 bridgehead atoms. The molecule has 2 rings (SSSR count). The van der Waals surface area contributed by atoms with Crippen LogP contribution in [0.1, 0.15) is 58.4 Å². The van der Waals surface area contributed by atoms with Gasteiger partial charge in [-0.15, -0.1) is 0 Å². The van der Waals surface area contributed by atoms with Crippen LogP contribution in [0.5, 0.6) is 5.88 Å². The van der Waals surface area contributed by atoms with Gasteiger partial charge in [-0.25, -0.2) is 9.98 Å². The Balaban J connectivity index is 1.95. The van der Waals surface area contributed by atoms with Gasteiger partial charge in [0.1, 0.15) is 6.10 Å². The second kappa shape index (κ2) is 9.38. The highest BCUT2D eigenvalue weighted by atomic mass is 16.5. The summed E-state index contributed by atoms with van der Waals surface area (Å²) in [6.45, 7) is 7.75. The molecule has 0 spiro atoms. The van der Waals surface area contributed by atoms with Gasteiger partial charge in [0.25, 0.3) is 0 Å². The number of ether oxygens (including phenoxy) is 1. The Hall–Kier alpha value is -1.78. The lowest BCUT2D eigenvalue weighted by Gasteiger charge is -2.22. The first-order valence-electron chi connectivity index (χ1n) is 8.83. The number of guanidine groups is 1. The van der Waals surface area contributed by atoms with Crippen molar-refractivity contribution >= 4 is 5.96 Å². The van der Waals surface area contributed by atoms with Crippen LogP contribution >= 0.6 is 0 Å². The van der Waals surface area contributed by atoms with E-state index in [-0.39, 0.29) is 0 Å². The molecular formula is C18H30N4O. The number of hydrogen-bond donors (Lipinski definition) is 2. The van der Waals surface area contributed by atoms with Crippen molar-refractivity contribution in [3.8, 4) is 5.88 Å². The van der Waals surface area contributed by atoms with Crippen LogP contribution in [0.4, 0.5) is 0 Å². The van der Waals surface area contributed by atoms with Crippen molar-refractivity contribution in [3.05, 3.63) is 23.9 Å². The number of aromatic nitrogens is 1. The Morgan fingerprint density at radius 2 is 2.13 bits per heavy atom. The van der Waals surface area contributed by atoms with Gasteiger partial charge in [0.15, 0.2) is 5.96 Å². The van der Waals surface area contributed by atoms with Gasteiger partial charge < -0.3 is 15.4 Å². The molecule has 0 radical (unpaired) electrons. The Morgan fingerprint density at radius 3 is 2.83 bits per heavy atom. The van der Waals surface area contributed by atoms with E-state index in [1.54, 1.807) is 0 Å². The third-order valence-electron chi connectivity index (χ3n) is 3.83. The first-order valence-corrected chi connectivity index (χ1v) is 8.83. The van der Waals surface area contributed by atoms with Crippen LogP contribution in [0.15, 0.2) is 23.3 Å². The van der Waals surface area contributed by atoms with Crippen molar-refractivity contribution in [3.63, 3.8) is 0 Å². The highest BCUT2D eigenvalue weighted by Crippen LogP contribution is 2.22. The Bertz CT molecular complexity index is 496. The molecule has 0 aliphatic heterocycles. The van der Waals surface area contributed by atoms with Crippen LogP contribution < -0.4 is 15.4 Å². The highest BCUT2D eigenvalue weighted by Gasteiger charge is 2.15. The van der Waals surface area contributed by atoms with Gasteiger partial charge in [0.2, 0.25) is 5.88 Å². The van der Waals surface area contributed by atoms with Gasteiger partial charge in [-0.3, -0.25) is 0 Å². The fraction of sp³-hybridized carbons (Fsp3) is 0.667. The van der Waals surface area contributed by atoms with Gasteiger partial charge >= 0.3 is 0 Å². The average Bonchev–Trinajstić information content (AvgIpc) is 2.54. The topological polar surface area (TPSA) is 58.5 Å². The Morgan fingerprint density at radius 1 is 1.35 bits per heavy atom. The first-order chi connectivity index (χ1) is 11.2. The molecule has 0 atom stereocenters. The third kappa shape index (κ3) is 6.47. The fourth-order valence-corrected chi connectivity index (χ4v) is 2.73. The SMILES string of the molecule is CCNC(=NCc1ccnc(OC2CCCCC2)c1)NC(C)C. The smallest absolute Gasteiger partial charge is 0.213 e. The summed E-state index contributed by atoms with van der Waals surface area (Å²) in [5, 5.41) is 6.58. The minimum absolute atomic E-state index is 0.329. The summed E-state index contributed by atoms with van der Waals surface area (Å²) in [5.41, 5.74) is 1.12. The van der Waals surface area contributed by atoms with E-state index in [0.29, 0.717) is 18.7 Å². The minimum Gasteiger partial charge on any atom is -0.474 e. The van der Waals surface area contributed by atoms with Crippen molar-refractivity contribution in [2.24, 2.45) is 4.99 Å². The van der Waals surface area contributed by atoms with E-state index in [0.717, 1.165) is 36.8 Å². The molecule has 0 aromatic carbocycles. The second-order valence-electron chi connectivity index (χ2n) is 6.37. The molecule has 5 heteroatoms. The fourth-order valence-electron chi connectivity index (χ4n) is 2.73. The van der Waals surface area contributed by atoms with Crippen LogP contribution in [0.3, 0.4) is 0 Å². The lowest BCUT2D eigenvalue weighted by Crippen LogP contribution is -2.41. The molecule has 2 N–H and O–H groups in total. The molecule has 1 aromatic rings. The van der Waals surface area contributed by atoms with Crippen molar-refractivity contribution in [1.29, 1.82) is 0 Å². The van der Waals surface area contributed by atoms with Crippen molar-refractivity contribution < 1.29 is 4.74 Å². The molecule has 128 valence electrons. The number of nitrogens with one attached hydrogen (secondary N) is 2. The summed E-state index contributed by atoms with van der Waals surface area (Å²) in [5.74, 6) is 1.57. The number of aliphatic imine (C=N–C) groups is 1. The summed E-state index contributed by atoms with van der Waals surface area (Å²) in [6.07, 6.45) is 8.29. The zero-order chi connectivity index (χ0) is 16.5. The molecule has 1 heterocycles. The van der Waals surface area contributed by atoms with Crippen molar-refractivity contribution in [2.75, 3.05) is 6.54 Å². The van der Waals surface area contributed by atoms with Crippen LogP contribution in [-0.4, -0.2) is 29.6 Å². The van der Waals surface area contributed by atoms with Crippen molar-refractivity contribution in [2.45, 2.75) is 71.6 Å². The Kier molecular flexibility index (Phi) is 7.17. The zero-order valence-corrected chi connectivity index (χ0v) is 14.6.